The first-order valence-corrected chi connectivity index (χ1v) is 11.7. The number of rotatable bonds is 9. The number of carbonyl (C=O) groups is 2. The van der Waals surface area contributed by atoms with E-state index in [0.29, 0.717) is 41.2 Å². The second-order valence-electron chi connectivity index (χ2n) is 8.46. The fourth-order valence-corrected chi connectivity index (χ4v) is 4.30. The Labute approximate surface area is 200 Å². The zero-order chi connectivity index (χ0) is 23.8. The molecule has 1 unspecified atom stereocenters. The first kappa shape index (κ1) is 25.2. The Kier molecular flexibility index (Phi) is 9.30. The maximum absolute atomic E-state index is 13.0. The van der Waals surface area contributed by atoms with Crippen molar-refractivity contribution in [2.45, 2.75) is 58.7 Å². The van der Waals surface area contributed by atoms with Crippen LogP contribution in [0.15, 0.2) is 30.3 Å². The van der Waals surface area contributed by atoms with Gasteiger partial charge in [-0.05, 0) is 73.9 Å². The van der Waals surface area contributed by atoms with Gasteiger partial charge in [0, 0.05) is 18.8 Å². The average Bonchev–Trinajstić information content (AvgIpc) is 2.79. The molecule has 7 heteroatoms. The van der Waals surface area contributed by atoms with Crippen LogP contribution in [0, 0.1) is 13.8 Å². The predicted octanol–water partition coefficient (Wildman–Crippen LogP) is 5.40. The number of aryl methyl sites for hydroxylation is 2. The molecule has 1 aliphatic rings. The van der Waals surface area contributed by atoms with E-state index in [1.54, 1.807) is 18.2 Å². The molecule has 1 fully saturated rings. The molecular formula is C26H32ClNO5. The van der Waals surface area contributed by atoms with Gasteiger partial charge in [0.15, 0.2) is 0 Å². The second-order valence-corrected chi connectivity index (χ2v) is 8.86. The Morgan fingerprint density at radius 2 is 1.88 bits per heavy atom. The number of ether oxygens (including phenoxy) is 3. The van der Waals surface area contributed by atoms with Gasteiger partial charge < -0.3 is 19.5 Å². The largest absolute Gasteiger partial charge is 0.469 e. The van der Waals surface area contributed by atoms with Crippen LogP contribution in [-0.4, -0.2) is 38.3 Å². The normalized spacial score (nSPS) is 15.8. The molecule has 0 saturated carbocycles. The number of halogens is 1. The highest BCUT2D eigenvalue weighted by atomic mass is 35.5. The number of carbonyl (C=O) groups excluding carboxylic acids is 2. The van der Waals surface area contributed by atoms with Gasteiger partial charge in [-0.2, -0.15) is 0 Å². The van der Waals surface area contributed by atoms with Crippen LogP contribution in [0.2, 0.25) is 5.02 Å². The van der Waals surface area contributed by atoms with Crippen LogP contribution in [0.5, 0.6) is 0 Å². The van der Waals surface area contributed by atoms with E-state index in [0.717, 1.165) is 42.6 Å². The lowest BCUT2D eigenvalue weighted by Crippen LogP contribution is -2.20. The quantitative estimate of drug-likeness (QED) is 0.390. The molecule has 1 heterocycles. The van der Waals surface area contributed by atoms with Crippen molar-refractivity contribution in [3.8, 4) is 0 Å². The Morgan fingerprint density at radius 3 is 2.55 bits per heavy atom. The van der Waals surface area contributed by atoms with Crippen LogP contribution in [0.4, 0.5) is 5.69 Å². The topological polar surface area (TPSA) is 73.9 Å². The maximum Gasteiger partial charge on any atom is 0.309 e. The van der Waals surface area contributed by atoms with Crippen molar-refractivity contribution in [3.05, 3.63) is 63.2 Å². The van der Waals surface area contributed by atoms with Crippen LogP contribution >= 0.6 is 11.6 Å². The third kappa shape index (κ3) is 7.29. The van der Waals surface area contributed by atoms with Crippen molar-refractivity contribution in [1.82, 2.24) is 0 Å². The smallest absolute Gasteiger partial charge is 0.309 e. The van der Waals surface area contributed by atoms with E-state index in [-0.39, 0.29) is 18.3 Å². The molecular weight excluding hydrogens is 442 g/mol. The van der Waals surface area contributed by atoms with E-state index in [1.807, 2.05) is 26.0 Å². The van der Waals surface area contributed by atoms with Crippen molar-refractivity contribution < 1.29 is 23.8 Å². The Morgan fingerprint density at radius 1 is 1.12 bits per heavy atom. The maximum atomic E-state index is 13.0. The molecule has 0 aromatic heterocycles. The Hall–Kier alpha value is -2.41. The Balaban J connectivity index is 1.61. The van der Waals surface area contributed by atoms with Crippen LogP contribution in [-0.2, 0) is 32.0 Å². The van der Waals surface area contributed by atoms with E-state index in [9.17, 15) is 9.59 Å². The summed E-state index contributed by atoms with van der Waals surface area (Å²) < 4.78 is 16.3. The molecule has 2 aromatic rings. The minimum atomic E-state index is -0.356. The first-order chi connectivity index (χ1) is 15.9. The van der Waals surface area contributed by atoms with Gasteiger partial charge in [0.2, 0.25) is 0 Å². The molecule has 1 saturated heterocycles. The minimum absolute atomic E-state index is 0.107. The van der Waals surface area contributed by atoms with Crippen molar-refractivity contribution in [1.29, 1.82) is 0 Å². The lowest BCUT2D eigenvalue weighted by molar-refractivity contribution is -0.139. The fraction of sp³-hybridized carbons (Fsp3) is 0.462. The summed E-state index contributed by atoms with van der Waals surface area (Å²) >= 11 is 6.27. The highest BCUT2D eigenvalue weighted by Crippen LogP contribution is 2.26. The van der Waals surface area contributed by atoms with E-state index in [2.05, 4.69) is 5.32 Å². The number of esters is 1. The van der Waals surface area contributed by atoms with Gasteiger partial charge in [-0.3, -0.25) is 9.59 Å². The molecule has 1 N–H and O–H groups in total. The van der Waals surface area contributed by atoms with Crippen molar-refractivity contribution in [2.24, 2.45) is 0 Å². The number of nitrogens with one attached hydrogen (secondary N) is 1. The second kappa shape index (κ2) is 12.2. The van der Waals surface area contributed by atoms with Gasteiger partial charge in [0.1, 0.15) is 0 Å². The summed E-state index contributed by atoms with van der Waals surface area (Å²) in [7, 11) is 1.34. The lowest BCUT2D eigenvalue weighted by atomic mass is 9.98. The molecule has 2 aromatic carbocycles. The molecule has 1 aliphatic heterocycles. The van der Waals surface area contributed by atoms with Crippen molar-refractivity contribution >= 4 is 29.2 Å². The molecule has 33 heavy (non-hydrogen) atoms. The Bertz CT molecular complexity index is 962. The number of benzene rings is 2. The van der Waals surface area contributed by atoms with E-state index < -0.39 is 0 Å². The molecule has 0 aliphatic carbocycles. The summed E-state index contributed by atoms with van der Waals surface area (Å²) in [4.78, 5) is 24.6. The van der Waals surface area contributed by atoms with Gasteiger partial charge in [-0.15, -0.1) is 0 Å². The van der Waals surface area contributed by atoms with Gasteiger partial charge in [-0.1, -0.05) is 29.8 Å². The average molecular weight is 474 g/mol. The van der Waals surface area contributed by atoms with Crippen LogP contribution in [0.3, 0.4) is 0 Å². The highest BCUT2D eigenvalue weighted by molar-refractivity contribution is 6.34. The summed E-state index contributed by atoms with van der Waals surface area (Å²) in [6.07, 6.45) is 4.82. The van der Waals surface area contributed by atoms with Crippen LogP contribution in [0.1, 0.15) is 58.3 Å². The predicted molar refractivity (Wildman–Crippen MR) is 129 cm³/mol. The third-order valence-corrected chi connectivity index (χ3v) is 6.13. The van der Waals surface area contributed by atoms with E-state index in [1.165, 1.54) is 13.5 Å². The molecule has 0 spiro atoms. The standard InChI is InChI=1S/C26H32ClNO5/c1-17-12-20(16-32-11-9-21-6-4-5-10-33-21)13-18(2)25(17)26(30)28-23-14-19(7-8-22(23)27)15-24(29)31-3/h7-8,12-14,21H,4-6,9-11,15-16H2,1-3H3,(H,28,30). The van der Waals surface area contributed by atoms with Gasteiger partial charge in [-0.25, -0.2) is 0 Å². The lowest BCUT2D eigenvalue weighted by Gasteiger charge is -2.22. The van der Waals surface area contributed by atoms with E-state index >= 15 is 0 Å². The third-order valence-electron chi connectivity index (χ3n) is 5.80. The number of hydrogen-bond acceptors (Lipinski definition) is 5. The molecule has 6 nitrogen and oxygen atoms in total. The molecule has 178 valence electrons. The van der Waals surface area contributed by atoms with Crippen molar-refractivity contribution in [2.75, 3.05) is 25.6 Å². The number of anilines is 1. The fourth-order valence-electron chi connectivity index (χ4n) is 4.14. The minimum Gasteiger partial charge on any atom is -0.469 e. The molecule has 0 bridgehead atoms. The molecule has 1 atom stereocenters. The van der Waals surface area contributed by atoms with E-state index in [4.69, 9.17) is 25.8 Å². The van der Waals surface area contributed by atoms with Crippen LogP contribution < -0.4 is 5.32 Å². The summed E-state index contributed by atoms with van der Waals surface area (Å²) in [6, 6.07) is 9.05. The van der Waals surface area contributed by atoms with Gasteiger partial charge in [0.05, 0.1) is 37.0 Å². The molecule has 1 amide bonds. The molecule has 3 rings (SSSR count). The van der Waals surface area contributed by atoms with Crippen molar-refractivity contribution in [3.63, 3.8) is 0 Å². The number of methoxy groups -OCH3 is 1. The van der Waals surface area contributed by atoms with Crippen LogP contribution in [0.25, 0.3) is 0 Å². The first-order valence-electron chi connectivity index (χ1n) is 11.3. The summed E-state index contributed by atoms with van der Waals surface area (Å²) in [6.45, 7) is 5.84. The zero-order valence-corrected chi connectivity index (χ0v) is 20.3. The van der Waals surface area contributed by atoms with Gasteiger partial charge >= 0.3 is 5.97 Å². The zero-order valence-electron chi connectivity index (χ0n) is 19.5. The SMILES string of the molecule is COC(=O)Cc1ccc(Cl)c(NC(=O)c2c(C)cc(COCCC3CCCCO3)cc2C)c1. The monoisotopic (exact) mass is 473 g/mol. The number of amides is 1. The number of hydrogen-bond donors (Lipinski definition) is 1. The summed E-state index contributed by atoms with van der Waals surface area (Å²) in [5, 5.41) is 3.28. The highest BCUT2D eigenvalue weighted by Gasteiger charge is 2.17. The summed E-state index contributed by atoms with van der Waals surface area (Å²) in [5.41, 5.74) is 4.53. The summed E-state index contributed by atoms with van der Waals surface area (Å²) in [5.74, 6) is -0.602. The molecule has 0 radical (unpaired) electrons. The van der Waals surface area contributed by atoms with Gasteiger partial charge in [0.25, 0.3) is 5.91 Å².